The van der Waals surface area contributed by atoms with Gasteiger partial charge in [0.15, 0.2) is 0 Å². The first-order chi connectivity index (χ1) is 35.5. The van der Waals surface area contributed by atoms with E-state index in [1.54, 1.807) is 66.7 Å². The van der Waals surface area contributed by atoms with Crippen molar-refractivity contribution in [2.45, 2.75) is 86.1 Å². The van der Waals surface area contributed by atoms with Crippen molar-refractivity contribution >= 4 is 32.7 Å². The molecule has 1 radical (unpaired) electrons. The van der Waals surface area contributed by atoms with Gasteiger partial charge in [-0.2, -0.15) is 0 Å². The van der Waals surface area contributed by atoms with Gasteiger partial charge in [-0.05, 0) is 118 Å². The Bertz CT molecular complexity index is 3620. The van der Waals surface area contributed by atoms with Crippen molar-refractivity contribution in [1.82, 2.24) is 9.97 Å². The predicted molar refractivity (Wildman–Crippen MR) is 256 cm³/mol. The van der Waals surface area contributed by atoms with Gasteiger partial charge in [0.25, 0.3) is 0 Å². The number of pyridine rings is 2. The zero-order valence-corrected chi connectivity index (χ0v) is 37.1. The van der Waals surface area contributed by atoms with Crippen molar-refractivity contribution in [3.63, 3.8) is 0 Å². The third-order valence-electron chi connectivity index (χ3n) is 11.1. The largest absolute Gasteiger partial charge is 0.500 e. The number of aromatic nitrogens is 2. The van der Waals surface area contributed by atoms with E-state index in [-0.39, 0.29) is 53.5 Å². The van der Waals surface area contributed by atoms with Crippen LogP contribution in [0.3, 0.4) is 0 Å². The smallest absolute Gasteiger partial charge is 0.128 e. The van der Waals surface area contributed by atoms with E-state index >= 15 is 0 Å². The molecule has 0 saturated heterocycles. The number of fused-ring (bicyclic) bond motifs is 5. The maximum Gasteiger partial charge on any atom is 0.128 e. The van der Waals surface area contributed by atoms with Crippen LogP contribution in [-0.2, 0) is 26.5 Å². The van der Waals surface area contributed by atoms with Gasteiger partial charge in [-0.1, -0.05) is 142 Å². The molecule has 313 valence electrons. The molecule has 0 aliphatic heterocycles. The van der Waals surface area contributed by atoms with E-state index in [1.807, 2.05) is 63.2 Å². The molecule has 0 unspecified atom stereocenters. The maximum absolute atomic E-state index is 8.97. The maximum atomic E-state index is 8.97. The minimum atomic E-state index is -2.71. The van der Waals surface area contributed by atoms with Crippen molar-refractivity contribution in [2.75, 3.05) is 0 Å². The van der Waals surface area contributed by atoms with E-state index < -0.39 is 45.1 Å². The summed E-state index contributed by atoms with van der Waals surface area (Å²) in [5.41, 5.74) is 5.00. The summed E-state index contributed by atoms with van der Waals surface area (Å²) in [5.74, 6) is -0.866. The van der Waals surface area contributed by atoms with Gasteiger partial charge in [-0.3, -0.25) is 0 Å². The molecule has 0 N–H and O–H groups in total. The van der Waals surface area contributed by atoms with Crippen molar-refractivity contribution < 1.29 is 45.1 Å². The number of hydrogen-bond acceptors (Lipinski definition) is 3. The first kappa shape index (κ1) is 28.1. The Hall–Kier alpha value is -5.67. The quantitative estimate of drug-likeness (QED) is 0.156. The van der Waals surface area contributed by atoms with Crippen LogP contribution in [0.2, 0.25) is 0 Å². The molecule has 0 atom stereocenters. The minimum Gasteiger partial charge on any atom is -0.500 e. The molecule has 3 nitrogen and oxygen atoms in total. The number of hydrogen-bond donors (Lipinski definition) is 0. The van der Waals surface area contributed by atoms with Crippen LogP contribution in [0, 0.1) is 45.0 Å². The SMILES string of the molecule is [2H]C([2H])([2H])c1c[c-]c(-c2ccc(C([2H])([2H])C(C)(C)C)cn2)cc1.[2H]C([2H])([2H])c1cc(C2([2H])CCCC2)ccc1-c1ccc(-c2cc(-c3[c-]ccc4c3oc3c5ccccc5ccc43)ncc2C([2H])([2H])[2H])c(C([2H])([2H])[2H])c1.[Ir]. The van der Waals surface area contributed by atoms with Crippen LogP contribution in [0.4, 0.5) is 0 Å². The molecule has 3 aromatic heterocycles. The summed E-state index contributed by atoms with van der Waals surface area (Å²) >= 11 is 0. The van der Waals surface area contributed by atoms with Crippen molar-refractivity contribution in [1.29, 1.82) is 0 Å². The van der Waals surface area contributed by atoms with Crippen LogP contribution >= 0.6 is 0 Å². The molecule has 10 rings (SSSR count). The Morgan fingerprint density at radius 1 is 0.694 bits per heavy atom. The Morgan fingerprint density at radius 2 is 1.48 bits per heavy atom. The molecule has 1 aliphatic carbocycles. The summed E-state index contributed by atoms with van der Waals surface area (Å²) in [6.07, 6.45) is 4.38. The summed E-state index contributed by atoms with van der Waals surface area (Å²) in [6.45, 7) is -4.48. The second-order valence-electron chi connectivity index (χ2n) is 16.6. The van der Waals surface area contributed by atoms with Gasteiger partial charge in [-0.15, -0.1) is 53.6 Å². The summed E-state index contributed by atoms with van der Waals surface area (Å²) in [5, 5.41) is 3.69. The fourth-order valence-corrected chi connectivity index (χ4v) is 8.17. The van der Waals surface area contributed by atoms with Crippen LogP contribution in [0.15, 0.2) is 138 Å². The van der Waals surface area contributed by atoms with Crippen LogP contribution in [0.1, 0.15) is 106 Å². The summed E-state index contributed by atoms with van der Waals surface area (Å²) < 4.78 is 130. The molecule has 0 bridgehead atoms. The van der Waals surface area contributed by atoms with E-state index in [4.69, 9.17) is 25.0 Å². The third kappa shape index (κ3) is 8.96. The van der Waals surface area contributed by atoms with Crippen molar-refractivity contribution in [3.05, 3.63) is 179 Å². The zero-order chi connectivity index (χ0) is 55.0. The van der Waals surface area contributed by atoms with E-state index in [0.717, 1.165) is 34.4 Å². The average Bonchev–Trinajstić information content (AvgIpc) is 4.02. The van der Waals surface area contributed by atoms with Gasteiger partial charge >= 0.3 is 0 Å². The van der Waals surface area contributed by atoms with E-state index in [9.17, 15) is 0 Å². The van der Waals surface area contributed by atoms with Gasteiger partial charge in [0.2, 0.25) is 0 Å². The van der Waals surface area contributed by atoms with Gasteiger partial charge < -0.3 is 14.4 Å². The Labute approximate surface area is 402 Å². The standard InChI is InChI=1S/C41H34NO.C17H20N.Ir/c1-25-21-30(28-9-4-5-10-28)16-18-32(25)31-17-19-33(26(2)22-31)38-23-39(42-24-27(38)3)37-14-8-13-35-36-20-15-29-11-6-7-12-34(29)40(36)43-41(35)37;1-13-5-8-15(9-6-13)16-10-7-14(12-18-16)11-17(2,3)4;/h6-8,11-13,15-24,28H,4-5,9-10H2,1-3H3;5-8,10,12H,11H2,1-4H3;/q2*-1;/i1D3,2D3,3D3,28D;1D3,11D2;. The number of benzene rings is 6. The second-order valence-corrected chi connectivity index (χ2v) is 16.6. The monoisotopic (exact) mass is 1000 g/mol. The number of rotatable bonds is 6. The van der Waals surface area contributed by atoms with Gasteiger partial charge in [-0.25, -0.2) is 0 Å². The number of aryl methyl sites for hydroxylation is 4. The van der Waals surface area contributed by atoms with E-state index in [0.29, 0.717) is 68.8 Å². The Balaban J connectivity index is 0.000000275. The molecule has 3 heterocycles. The molecule has 1 aliphatic rings. The predicted octanol–water partition coefficient (Wildman–Crippen LogP) is 16.0. The van der Waals surface area contributed by atoms with Crippen LogP contribution < -0.4 is 0 Å². The Kier molecular flexibility index (Phi) is 8.15. The second kappa shape index (κ2) is 18.0. The molecule has 6 aromatic carbocycles. The normalized spacial score (nSPS) is 18.1. The molecule has 0 amide bonds. The van der Waals surface area contributed by atoms with Crippen molar-refractivity contribution in [2.24, 2.45) is 5.41 Å². The molecular weight excluding hydrogens is 933 g/mol. The fourth-order valence-electron chi connectivity index (χ4n) is 8.17. The number of furan rings is 1. The van der Waals surface area contributed by atoms with Gasteiger partial charge in [0.1, 0.15) is 5.58 Å². The van der Waals surface area contributed by atoms with E-state index in [2.05, 4.69) is 22.1 Å². The fraction of sp³-hybridized carbons (Fsp3) is 0.241. The molecule has 0 spiro atoms. The molecule has 1 fully saturated rings. The topological polar surface area (TPSA) is 38.9 Å². The first-order valence-electron chi connectivity index (χ1n) is 28.0. The minimum absolute atomic E-state index is 0. The van der Waals surface area contributed by atoms with Gasteiger partial charge in [0.05, 0.1) is 5.58 Å². The molecular formula is C58H54IrN2O-2. The molecule has 1 saturated carbocycles. The van der Waals surface area contributed by atoms with Crippen LogP contribution in [-0.4, -0.2) is 9.97 Å². The summed E-state index contributed by atoms with van der Waals surface area (Å²) in [6, 6.07) is 41.0. The van der Waals surface area contributed by atoms with E-state index in [1.165, 1.54) is 24.5 Å². The summed E-state index contributed by atoms with van der Waals surface area (Å²) in [7, 11) is 0. The van der Waals surface area contributed by atoms with Gasteiger partial charge in [0, 0.05) is 63.8 Å². The Morgan fingerprint density at radius 3 is 2.24 bits per heavy atom. The van der Waals surface area contributed by atoms with Crippen LogP contribution in [0.5, 0.6) is 0 Å². The van der Waals surface area contributed by atoms with Crippen LogP contribution in [0.25, 0.3) is 77.5 Å². The summed E-state index contributed by atoms with van der Waals surface area (Å²) in [4.78, 5) is 8.87. The molecule has 62 heavy (non-hydrogen) atoms. The third-order valence-corrected chi connectivity index (χ3v) is 11.1. The molecule has 4 heteroatoms. The average molecular weight is 1000 g/mol. The molecule has 9 aromatic rings. The first-order valence-corrected chi connectivity index (χ1v) is 20.5. The number of nitrogens with zero attached hydrogens (tertiary/aromatic N) is 2. The zero-order valence-electron chi connectivity index (χ0n) is 49.7. The van der Waals surface area contributed by atoms with Crippen molar-refractivity contribution in [3.8, 4) is 44.8 Å².